The van der Waals surface area contributed by atoms with Crippen LogP contribution in [0.2, 0.25) is 10.0 Å². The van der Waals surface area contributed by atoms with Gasteiger partial charge in [0.25, 0.3) is 5.91 Å². The van der Waals surface area contributed by atoms with Gasteiger partial charge in [-0.15, -0.1) is 11.3 Å². The van der Waals surface area contributed by atoms with Crippen LogP contribution in [0.5, 0.6) is 0 Å². The van der Waals surface area contributed by atoms with E-state index in [9.17, 15) is 4.79 Å². The summed E-state index contributed by atoms with van der Waals surface area (Å²) in [6.07, 6.45) is 2.35. The third-order valence-electron chi connectivity index (χ3n) is 2.86. The van der Waals surface area contributed by atoms with Gasteiger partial charge >= 0.3 is 0 Å². The Morgan fingerprint density at radius 1 is 1.36 bits per heavy atom. The average Bonchev–Trinajstić information content (AvgIpc) is 2.86. The third-order valence-corrected chi connectivity index (χ3v) is 4.66. The quantitative estimate of drug-likeness (QED) is 0.774. The Morgan fingerprint density at radius 3 is 2.77 bits per heavy atom. The molecule has 0 aliphatic heterocycles. The number of nitrogens with zero attached hydrogens (tertiary/aromatic N) is 2. The molecule has 0 aliphatic carbocycles. The fraction of sp³-hybridized carbons (Fsp3) is 0.357. The van der Waals surface area contributed by atoms with Crippen LogP contribution in [0.3, 0.4) is 0 Å². The van der Waals surface area contributed by atoms with E-state index in [4.69, 9.17) is 23.2 Å². The fourth-order valence-electron chi connectivity index (χ4n) is 1.80. The van der Waals surface area contributed by atoms with Gasteiger partial charge in [-0.05, 0) is 19.4 Å². The summed E-state index contributed by atoms with van der Waals surface area (Å²) in [7, 11) is 0. The van der Waals surface area contributed by atoms with Crippen LogP contribution in [0.4, 0.5) is 5.82 Å². The highest BCUT2D eigenvalue weighted by molar-refractivity contribution is 7.13. The number of aryl methyl sites for hydroxylation is 2. The van der Waals surface area contributed by atoms with Gasteiger partial charge < -0.3 is 10.6 Å². The lowest BCUT2D eigenvalue weighted by molar-refractivity contribution is 0.0958. The number of halogens is 2. The van der Waals surface area contributed by atoms with Gasteiger partial charge in [0.05, 0.1) is 20.7 Å². The Labute approximate surface area is 143 Å². The number of carbonyl (C=O) groups is 1. The van der Waals surface area contributed by atoms with E-state index in [-0.39, 0.29) is 5.91 Å². The van der Waals surface area contributed by atoms with Crippen molar-refractivity contribution in [2.45, 2.75) is 20.3 Å². The van der Waals surface area contributed by atoms with Crippen molar-refractivity contribution in [2.24, 2.45) is 0 Å². The molecule has 0 bridgehead atoms. The first-order chi connectivity index (χ1) is 10.5. The highest BCUT2D eigenvalue weighted by Gasteiger charge is 2.14. The topological polar surface area (TPSA) is 66.9 Å². The molecule has 0 aliphatic rings. The van der Waals surface area contributed by atoms with E-state index in [2.05, 4.69) is 20.6 Å². The molecule has 8 heteroatoms. The van der Waals surface area contributed by atoms with Crippen molar-refractivity contribution in [1.29, 1.82) is 0 Å². The van der Waals surface area contributed by atoms with Crippen LogP contribution in [0.25, 0.3) is 0 Å². The summed E-state index contributed by atoms with van der Waals surface area (Å²) in [4.78, 5) is 21.2. The highest BCUT2D eigenvalue weighted by Crippen LogP contribution is 2.22. The molecule has 118 valence electrons. The Morgan fingerprint density at radius 2 is 2.14 bits per heavy atom. The molecule has 0 radical (unpaired) electrons. The Hall–Kier alpha value is -1.37. The van der Waals surface area contributed by atoms with Gasteiger partial charge in [0.1, 0.15) is 10.7 Å². The molecule has 0 saturated heterocycles. The van der Waals surface area contributed by atoms with Crippen LogP contribution in [0.1, 0.15) is 27.3 Å². The maximum absolute atomic E-state index is 12.1. The van der Waals surface area contributed by atoms with E-state index in [0.29, 0.717) is 33.8 Å². The zero-order valence-corrected chi connectivity index (χ0v) is 14.6. The molecular formula is C14H16Cl2N4OS. The first kappa shape index (κ1) is 17.0. The molecule has 0 unspecified atom stereocenters. The van der Waals surface area contributed by atoms with Gasteiger partial charge in [-0.2, -0.15) is 0 Å². The van der Waals surface area contributed by atoms with Gasteiger partial charge in [0.2, 0.25) is 0 Å². The normalized spacial score (nSPS) is 10.5. The largest absolute Gasteiger partial charge is 0.367 e. The van der Waals surface area contributed by atoms with E-state index >= 15 is 0 Å². The number of hydrogen-bond donors (Lipinski definition) is 2. The molecule has 2 rings (SSSR count). The number of carbonyl (C=O) groups excluding carboxylic acids is 1. The summed E-state index contributed by atoms with van der Waals surface area (Å²) in [6.45, 7) is 4.84. The van der Waals surface area contributed by atoms with Crippen molar-refractivity contribution in [3.05, 3.63) is 37.9 Å². The summed E-state index contributed by atoms with van der Waals surface area (Å²) in [6, 6.07) is 1.62. The standard InChI is InChI=1S/C14H16Cl2N4OS/c1-3-11-20-8(2)12(22-11)14(21)18-5-4-17-13-10(16)6-9(15)7-19-13/h6-7H,3-5H2,1-2H3,(H,17,19)(H,18,21). The molecule has 5 nitrogen and oxygen atoms in total. The number of nitrogens with one attached hydrogen (secondary N) is 2. The van der Waals surface area contributed by atoms with Crippen LogP contribution >= 0.6 is 34.5 Å². The summed E-state index contributed by atoms with van der Waals surface area (Å²) in [5, 5.41) is 7.80. The minimum absolute atomic E-state index is 0.105. The van der Waals surface area contributed by atoms with E-state index in [1.807, 2.05) is 13.8 Å². The molecule has 0 atom stereocenters. The molecular weight excluding hydrogens is 343 g/mol. The molecule has 22 heavy (non-hydrogen) atoms. The number of hydrogen-bond acceptors (Lipinski definition) is 5. The molecule has 0 aromatic carbocycles. The summed E-state index contributed by atoms with van der Waals surface area (Å²) in [5.74, 6) is 0.439. The summed E-state index contributed by atoms with van der Waals surface area (Å²) < 4.78 is 0. The van der Waals surface area contributed by atoms with Crippen LogP contribution < -0.4 is 10.6 Å². The second-order valence-corrected chi connectivity index (χ2v) is 6.47. The Bertz CT molecular complexity index is 675. The van der Waals surface area contributed by atoms with Crippen LogP contribution in [-0.4, -0.2) is 29.0 Å². The number of pyridine rings is 1. The van der Waals surface area contributed by atoms with Gasteiger partial charge in [0.15, 0.2) is 0 Å². The van der Waals surface area contributed by atoms with E-state index in [0.717, 1.165) is 17.1 Å². The van der Waals surface area contributed by atoms with Crippen LogP contribution in [0, 0.1) is 6.92 Å². The zero-order chi connectivity index (χ0) is 16.1. The minimum Gasteiger partial charge on any atom is -0.367 e. The summed E-state index contributed by atoms with van der Waals surface area (Å²) in [5.41, 5.74) is 0.773. The predicted octanol–water partition coefficient (Wildman–Crippen LogP) is 3.56. The monoisotopic (exact) mass is 358 g/mol. The molecule has 1 amide bonds. The smallest absolute Gasteiger partial charge is 0.263 e. The number of anilines is 1. The van der Waals surface area contributed by atoms with Crippen molar-refractivity contribution in [2.75, 3.05) is 18.4 Å². The molecule has 2 aromatic rings. The molecule has 2 aromatic heterocycles. The van der Waals surface area contributed by atoms with Gasteiger partial charge in [0, 0.05) is 19.3 Å². The van der Waals surface area contributed by atoms with Gasteiger partial charge in [-0.1, -0.05) is 30.1 Å². The lowest BCUT2D eigenvalue weighted by Gasteiger charge is -2.08. The number of amides is 1. The summed E-state index contributed by atoms with van der Waals surface area (Å²) >= 11 is 13.2. The van der Waals surface area contributed by atoms with Crippen molar-refractivity contribution in [1.82, 2.24) is 15.3 Å². The third kappa shape index (κ3) is 4.32. The van der Waals surface area contributed by atoms with Crippen LogP contribution in [-0.2, 0) is 6.42 Å². The minimum atomic E-state index is -0.105. The number of thiazole rings is 1. The molecule has 0 saturated carbocycles. The van der Waals surface area contributed by atoms with Crippen molar-refractivity contribution in [3.63, 3.8) is 0 Å². The first-order valence-corrected chi connectivity index (χ1v) is 8.38. The molecule has 2 N–H and O–H groups in total. The maximum atomic E-state index is 12.1. The fourth-order valence-corrected chi connectivity index (χ4v) is 3.16. The van der Waals surface area contributed by atoms with Crippen molar-refractivity contribution in [3.8, 4) is 0 Å². The van der Waals surface area contributed by atoms with Gasteiger partial charge in [-0.25, -0.2) is 9.97 Å². The number of aromatic nitrogens is 2. The number of rotatable bonds is 6. The average molecular weight is 359 g/mol. The van der Waals surface area contributed by atoms with E-state index in [1.54, 1.807) is 6.07 Å². The second-order valence-electron chi connectivity index (χ2n) is 4.54. The van der Waals surface area contributed by atoms with Gasteiger partial charge in [-0.3, -0.25) is 4.79 Å². The molecule has 2 heterocycles. The molecule has 0 spiro atoms. The Kier molecular flexibility index (Phi) is 5.99. The van der Waals surface area contributed by atoms with Crippen molar-refractivity contribution < 1.29 is 4.79 Å². The van der Waals surface area contributed by atoms with E-state index in [1.165, 1.54) is 17.5 Å². The first-order valence-electron chi connectivity index (χ1n) is 6.80. The zero-order valence-electron chi connectivity index (χ0n) is 12.2. The highest BCUT2D eigenvalue weighted by atomic mass is 35.5. The maximum Gasteiger partial charge on any atom is 0.263 e. The second kappa shape index (κ2) is 7.76. The molecule has 0 fully saturated rings. The lowest BCUT2D eigenvalue weighted by atomic mass is 10.3. The lowest BCUT2D eigenvalue weighted by Crippen LogP contribution is -2.28. The SMILES string of the molecule is CCc1nc(C)c(C(=O)NCCNc2ncc(Cl)cc2Cl)s1. The predicted molar refractivity (Wildman–Crippen MR) is 91.3 cm³/mol. The van der Waals surface area contributed by atoms with Crippen LogP contribution in [0.15, 0.2) is 12.3 Å². The van der Waals surface area contributed by atoms with Crippen molar-refractivity contribution >= 4 is 46.3 Å². The van der Waals surface area contributed by atoms with E-state index < -0.39 is 0 Å². The Balaban J connectivity index is 1.83.